The number of ether oxygens (including phenoxy) is 1. The fourth-order valence-electron chi connectivity index (χ4n) is 1.39. The molecule has 5 nitrogen and oxygen atoms in total. The topological polar surface area (TPSA) is 78.8 Å². The molecular formula is C13H19NO4. The predicted octanol–water partition coefficient (Wildman–Crippen LogP) is 1.64. The molecule has 1 aromatic rings. The molecule has 5 heteroatoms. The Balaban J connectivity index is 2.32. The van der Waals surface area contributed by atoms with Crippen LogP contribution in [0, 0.1) is 0 Å². The van der Waals surface area contributed by atoms with Crippen molar-refractivity contribution in [1.82, 2.24) is 5.32 Å². The summed E-state index contributed by atoms with van der Waals surface area (Å²) in [5, 5.41) is 21.2. The molecule has 0 saturated carbocycles. The van der Waals surface area contributed by atoms with Gasteiger partial charge in [-0.15, -0.1) is 0 Å². The van der Waals surface area contributed by atoms with E-state index in [9.17, 15) is 9.90 Å². The first kappa shape index (κ1) is 14.3. The molecule has 18 heavy (non-hydrogen) atoms. The molecule has 0 spiro atoms. The SMILES string of the molecule is CCCCOCCNC(=O)c1ccc(O)cc1O. The Bertz CT molecular complexity index is 393. The zero-order valence-corrected chi connectivity index (χ0v) is 10.5. The van der Waals surface area contributed by atoms with Crippen molar-refractivity contribution < 1.29 is 19.7 Å². The van der Waals surface area contributed by atoms with E-state index < -0.39 is 0 Å². The fourth-order valence-corrected chi connectivity index (χ4v) is 1.39. The molecule has 0 aliphatic rings. The lowest BCUT2D eigenvalue weighted by molar-refractivity contribution is 0.0910. The van der Waals surface area contributed by atoms with Crippen LogP contribution >= 0.6 is 0 Å². The van der Waals surface area contributed by atoms with Crippen LogP contribution in [0.2, 0.25) is 0 Å². The lowest BCUT2D eigenvalue weighted by Crippen LogP contribution is -2.27. The number of hydrogen-bond donors (Lipinski definition) is 3. The van der Waals surface area contributed by atoms with Crippen molar-refractivity contribution in [2.75, 3.05) is 19.8 Å². The lowest BCUT2D eigenvalue weighted by Gasteiger charge is -2.07. The number of rotatable bonds is 7. The summed E-state index contributed by atoms with van der Waals surface area (Å²) in [5.41, 5.74) is 0.140. The maximum Gasteiger partial charge on any atom is 0.255 e. The monoisotopic (exact) mass is 253 g/mol. The molecule has 0 radical (unpaired) electrons. The first-order valence-corrected chi connectivity index (χ1v) is 6.03. The summed E-state index contributed by atoms with van der Waals surface area (Å²) in [6.07, 6.45) is 2.08. The van der Waals surface area contributed by atoms with Crippen molar-refractivity contribution in [3.63, 3.8) is 0 Å². The number of amides is 1. The first-order chi connectivity index (χ1) is 8.65. The van der Waals surface area contributed by atoms with Crippen molar-refractivity contribution in [3.05, 3.63) is 23.8 Å². The minimum Gasteiger partial charge on any atom is -0.508 e. The highest BCUT2D eigenvalue weighted by Crippen LogP contribution is 2.22. The van der Waals surface area contributed by atoms with Gasteiger partial charge in [-0.1, -0.05) is 13.3 Å². The number of hydrogen-bond acceptors (Lipinski definition) is 4. The standard InChI is InChI=1S/C13H19NO4/c1-2-3-7-18-8-6-14-13(17)11-5-4-10(15)9-12(11)16/h4-5,9,15-16H,2-3,6-8H2,1H3,(H,14,17). The third-order valence-electron chi connectivity index (χ3n) is 2.40. The van der Waals surface area contributed by atoms with Crippen LogP contribution in [0.25, 0.3) is 0 Å². The maximum atomic E-state index is 11.7. The summed E-state index contributed by atoms with van der Waals surface area (Å²) in [6.45, 7) is 3.61. The summed E-state index contributed by atoms with van der Waals surface area (Å²) in [5.74, 6) is -0.696. The molecule has 0 saturated heterocycles. The number of aromatic hydroxyl groups is 2. The number of benzene rings is 1. The fraction of sp³-hybridized carbons (Fsp3) is 0.462. The maximum absolute atomic E-state index is 11.7. The van der Waals surface area contributed by atoms with Crippen LogP contribution in [0.3, 0.4) is 0 Å². The quantitative estimate of drug-likeness (QED) is 0.645. The van der Waals surface area contributed by atoms with Crippen LogP contribution in [-0.2, 0) is 4.74 Å². The zero-order valence-electron chi connectivity index (χ0n) is 10.5. The molecule has 0 aliphatic heterocycles. The van der Waals surface area contributed by atoms with Crippen molar-refractivity contribution in [2.45, 2.75) is 19.8 Å². The van der Waals surface area contributed by atoms with Gasteiger partial charge in [-0.2, -0.15) is 0 Å². The summed E-state index contributed by atoms with van der Waals surface area (Å²) in [6, 6.07) is 3.86. The molecule has 0 aromatic heterocycles. The van der Waals surface area contributed by atoms with E-state index in [4.69, 9.17) is 9.84 Å². The highest BCUT2D eigenvalue weighted by atomic mass is 16.5. The van der Waals surface area contributed by atoms with E-state index in [1.807, 2.05) is 0 Å². The van der Waals surface area contributed by atoms with E-state index in [0.29, 0.717) is 19.8 Å². The van der Waals surface area contributed by atoms with Crippen LogP contribution in [0.5, 0.6) is 11.5 Å². The molecule has 100 valence electrons. The van der Waals surface area contributed by atoms with Gasteiger partial charge in [0.1, 0.15) is 11.5 Å². The lowest BCUT2D eigenvalue weighted by atomic mass is 10.2. The van der Waals surface area contributed by atoms with Crippen LogP contribution in [0.1, 0.15) is 30.1 Å². The van der Waals surface area contributed by atoms with Crippen molar-refractivity contribution >= 4 is 5.91 Å². The number of phenolic OH excluding ortho intramolecular Hbond substituents is 2. The van der Waals surface area contributed by atoms with Crippen LogP contribution in [-0.4, -0.2) is 35.9 Å². The summed E-state index contributed by atoms with van der Waals surface area (Å²) in [7, 11) is 0. The van der Waals surface area contributed by atoms with Gasteiger partial charge in [0.25, 0.3) is 5.91 Å². The van der Waals surface area contributed by atoms with Crippen molar-refractivity contribution in [1.29, 1.82) is 0 Å². The van der Waals surface area contributed by atoms with Gasteiger partial charge in [0.2, 0.25) is 0 Å². The average Bonchev–Trinajstić information content (AvgIpc) is 2.33. The number of phenols is 2. The van der Waals surface area contributed by atoms with Crippen molar-refractivity contribution in [3.8, 4) is 11.5 Å². The average molecular weight is 253 g/mol. The second-order valence-corrected chi connectivity index (χ2v) is 3.92. The molecule has 0 heterocycles. The van der Waals surface area contributed by atoms with Gasteiger partial charge in [-0.05, 0) is 18.6 Å². The van der Waals surface area contributed by atoms with Gasteiger partial charge in [0.05, 0.1) is 12.2 Å². The smallest absolute Gasteiger partial charge is 0.255 e. The first-order valence-electron chi connectivity index (χ1n) is 6.03. The van der Waals surface area contributed by atoms with E-state index in [1.165, 1.54) is 12.1 Å². The predicted molar refractivity (Wildman–Crippen MR) is 67.8 cm³/mol. The number of carbonyl (C=O) groups is 1. The molecule has 1 rings (SSSR count). The third kappa shape index (κ3) is 4.63. The molecular weight excluding hydrogens is 234 g/mol. The molecule has 0 aliphatic carbocycles. The Hall–Kier alpha value is -1.75. The Morgan fingerprint density at radius 2 is 2.11 bits per heavy atom. The second-order valence-electron chi connectivity index (χ2n) is 3.92. The largest absolute Gasteiger partial charge is 0.508 e. The van der Waals surface area contributed by atoms with Crippen LogP contribution in [0.15, 0.2) is 18.2 Å². The molecule has 0 unspecified atom stereocenters. The minimum absolute atomic E-state index is 0.0769. The van der Waals surface area contributed by atoms with E-state index in [0.717, 1.165) is 18.9 Å². The van der Waals surface area contributed by atoms with Gasteiger partial charge in [-0.3, -0.25) is 4.79 Å². The number of unbranched alkanes of at least 4 members (excludes halogenated alkanes) is 1. The number of carbonyl (C=O) groups excluding carboxylic acids is 1. The van der Waals surface area contributed by atoms with E-state index in [-0.39, 0.29) is 23.0 Å². The van der Waals surface area contributed by atoms with Gasteiger partial charge >= 0.3 is 0 Å². The van der Waals surface area contributed by atoms with E-state index >= 15 is 0 Å². The summed E-state index contributed by atoms with van der Waals surface area (Å²) >= 11 is 0. The molecule has 3 N–H and O–H groups in total. The molecule has 0 fully saturated rings. The van der Waals surface area contributed by atoms with Crippen LogP contribution < -0.4 is 5.32 Å². The second kappa shape index (κ2) is 7.55. The minimum atomic E-state index is -0.383. The normalized spacial score (nSPS) is 10.3. The Kier molecular flexibility index (Phi) is 6.00. The van der Waals surface area contributed by atoms with Gasteiger partial charge in [0, 0.05) is 19.2 Å². The van der Waals surface area contributed by atoms with Gasteiger partial charge < -0.3 is 20.3 Å². The summed E-state index contributed by atoms with van der Waals surface area (Å²) in [4.78, 5) is 11.7. The van der Waals surface area contributed by atoms with Gasteiger partial charge in [-0.25, -0.2) is 0 Å². The van der Waals surface area contributed by atoms with E-state index in [1.54, 1.807) is 0 Å². The Morgan fingerprint density at radius 3 is 2.78 bits per heavy atom. The van der Waals surface area contributed by atoms with E-state index in [2.05, 4.69) is 12.2 Å². The highest BCUT2D eigenvalue weighted by Gasteiger charge is 2.10. The Morgan fingerprint density at radius 1 is 1.33 bits per heavy atom. The van der Waals surface area contributed by atoms with Gasteiger partial charge in [0.15, 0.2) is 0 Å². The third-order valence-corrected chi connectivity index (χ3v) is 2.40. The highest BCUT2D eigenvalue weighted by molar-refractivity contribution is 5.96. The Labute approximate surface area is 106 Å². The number of nitrogens with one attached hydrogen (secondary N) is 1. The molecule has 0 bridgehead atoms. The van der Waals surface area contributed by atoms with Crippen LogP contribution in [0.4, 0.5) is 0 Å². The summed E-state index contributed by atoms with van der Waals surface area (Å²) < 4.78 is 5.29. The molecule has 0 atom stereocenters. The van der Waals surface area contributed by atoms with Crippen molar-refractivity contribution in [2.24, 2.45) is 0 Å². The molecule has 1 aromatic carbocycles. The molecule has 1 amide bonds. The zero-order chi connectivity index (χ0) is 13.4.